The first-order chi connectivity index (χ1) is 15.2. The lowest BCUT2D eigenvalue weighted by Crippen LogP contribution is -2.42. The van der Waals surface area contributed by atoms with Gasteiger partial charge >= 0.3 is 0 Å². The number of carbonyl (C=O) groups is 1. The van der Waals surface area contributed by atoms with E-state index in [0.29, 0.717) is 48.6 Å². The van der Waals surface area contributed by atoms with E-state index in [9.17, 15) is 9.59 Å². The van der Waals surface area contributed by atoms with Gasteiger partial charge in [0, 0.05) is 26.2 Å². The van der Waals surface area contributed by atoms with E-state index in [1.807, 2.05) is 24.3 Å². The summed E-state index contributed by atoms with van der Waals surface area (Å²) in [6.07, 6.45) is 0. The van der Waals surface area contributed by atoms with Crippen molar-refractivity contribution in [2.75, 3.05) is 46.5 Å². The molecule has 1 saturated heterocycles. The maximum atomic E-state index is 13.5. The minimum Gasteiger partial charge on any atom is -0.497 e. The van der Waals surface area contributed by atoms with Crippen molar-refractivity contribution in [1.29, 1.82) is 0 Å². The Morgan fingerprint density at radius 1 is 1.03 bits per heavy atom. The largest absolute Gasteiger partial charge is 0.497 e. The number of carbonyl (C=O) groups excluding carboxylic acids is 1. The van der Waals surface area contributed by atoms with E-state index < -0.39 is 6.04 Å². The van der Waals surface area contributed by atoms with Crippen LogP contribution in [-0.4, -0.2) is 62.2 Å². The highest BCUT2D eigenvalue weighted by Crippen LogP contribution is 2.38. The lowest BCUT2D eigenvalue weighted by atomic mass is 9.98. The molecule has 0 aliphatic carbocycles. The first-order valence-corrected chi connectivity index (χ1v) is 10.5. The lowest BCUT2D eigenvalue weighted by Gasteiger charge is -2.31. The molecule has 7 nitrogen and oxygen atoms in total. The van der Waals surface area contributed by atoms with Crippen LogP contribution < -0.4 is 10.2 Å². The van der Waals surface area contributed by atoms with Crippen molar-refractivity contribution >= 4 is 16.9 Å². The zero-order chi connectivity index (χ0) is 21.4. The number of morpholine rings is 1. The third-order valence-corrected chi connectivity index (χ3v) is 6.04. The Morgan fingerprint density at radius 2 is 1.84 bits per heavy atom. The van der Waals surface area contributed by atoms with E-state index in [1.54, 1.807) is 36.3 Å². The van der Waals surface area contributed by atoms with E-state index in [1.165, 1.54) is 0 Å². The number of para-hydroxylation sites is 1. The molecule has 2 aliphatic rings. The van der Waals surface area contributed by atoms with Gasteiger partial charge in [-0.25, -0.2) is 0 Å². The van der Waals surface area contributed by atoms with Gasteiger partial charge in [-0.1, -0.05) is 24.3 Å². The number of hydrogen-bond donors (Lipinski definition) is 0. The number of nitrogens with zero attached hydrogens (tertiary/aromatic N) is 2. The van der Waals surface area contributed by atoms with E-state index in [0.717, 1.165) is 18.7 Å². The molecule has 1 fully saturated rings. The van der Waals surface area contributed by atoms with E-state index in [4.69, 9.17) is 13.9 Å². The summed E-state index contributed by atoms with van der Waals surface area (Å²) in [5.41, 5.74) is 1.50. The molecule has 160 valence electrons. The number of hydrogen-bond acceptors (Lipinski definition) is 6. The zero-order valence-electron chi connectivity index (χ0n) is 17.4. The first kappa shape index (κ1) is 19.8. The summed E-state index contributed by atoms with van der Waals surface area (Å²) >= 11 is 0. The highest BCUT2D eigenvalue weighted by Gasteiger charge is 2.42. The summed E-state index contributed by atoms with van der Waals surface area (Å²) in [6, 6.07) is 14.1. The Labute approximate surface area is 179 Å². The van der Waals surface area contributed by atoms with Crippen LogP contribution in [0.15, 0.2) is 57.7 Å². The fourth-order valence-corrected chi connectivity index (χ4v) is 4.43. The average molecular weight is 420 g/mol. The standard InChI is InChI=1S/C24H24N2O5/c1-29-17-6-4-5-16(15-17)21-20-22(27)18-7-2-3-8-19(18)31-23(20)24(28)26(21)10-9-25-11-13-30-14-12-25/h2-8,15,21H,9-14H2,1H3/t21-/m1/s1. The molecular formula is C24H24N2O5. The smallest absolute Gasteiger partial charge is 0.290 e. The average Bonchev–Trinajstić information content (AvgIpc) is 3.10. The van der Waals surface area contributed by atoms with E-state index >= 15 is 0 Å². The summed E-state index contributed by atoms with van der Waals surface area (Å²) < 4.78 is 16.8. The fraction of sp³-hybridized carbons (Fsp3) is 0.333. The second-order valence-electron chi connectivity index (χ2n) is 7.80. The monoisotopic (exact) mass is 420 g/mol. The molecule has 0 spiro atoms. The molecule has 0 radical (unpaired) electrons. The quantitative estimate of drug-likeness (QED) is 0.632. The van der Waals surface area contributed by atoms with Gasteiger partial charge in [-0.05, 0) is 29.8 Å². The van der Waals surface area contributed by atoms with E-state index in [-0.39, 0.29) is 17.1 Å². The molecular weight excluding hydrogens is 396 g/mol. The van der Waals surface area contributed by atoms with Crippen molar-refractivity contribution in [3.05, 3.63) is 75.6 Å². The third-order valence-electron chi connectivity index (χ3n) is 6.04. The third kappa shape index (κ3) is 3.49. The van der Waals surface area contributed by atoms with Crippen LogP contribution in [0.3, 0.4) is 0 Å². The summed E-state index contributed by atoms with van der Waals surface area (Å²) in [5, 5.41) is 0.483. The van der Waals surface area contributed by atoms with Gasteiger partial charge in [0.15, 0.2) is 5.43 Å². The highest BCUT2D eigenvalue weighted by molar-refractivity contribution is 5.99. The van der Waals surface area contributed by atoms with Crippen LogP contribution in [0.5, 0.6) is 5.75 Å². The number of benzene rings is 2. The maximum absolute atomic E-state index is 13.5. The summed E-state index contributed by atoms with van der Waals surface area (Å²) in [4.78, 5) is 30.9. The molecule has 0 saturated carbocycles. The van der Waals surface area contributed by atoms with Crippen LogP contribution in [0, 0.1) is 0 Å². The van der Waals surface area contributed by atoms with Crippen LogP contribution in [-0.2, 0) is 4.74 Å². The van der Waals surface area contributed by atoms with Crippen molar-refractivity contribution in [3.63, 3.8) is 0 Å². The molecule has 0 bridgehead atoms. The molecule has 3 aromatic rings. The lowest BCUT2D eigenvalue weighted by molar-refractivity contribution is 0.0314. The summed E-state index contributed by atoms with van der Waals surface area (Å²) in [6.45, 7) is 4.25. The summed E-state index contributed by atoms with van der Waals surface area (Å²) in [7, 11) is 1.60. The molecule has 2 aromatic carbocycles. The molecule has 1 amide bonds. The van der Waals surface area contributed by atoms with Gasteiger partial charge < -0.3 is 18.8 Å². The summed E-state index contributed by atoms with van der Waals surface area (Å²) in [5.74, 6) is 0.564. The van der Waals surface area contributed by atoms with Crippen molar-refractivity contribution in [2.45, 2.75) is 6.04 Å². The maximum Gasteiger partial charge on any atom is 0.290 e. The fourth-order valence-electron chi connectivity index (χ4n) is 4.43. The normalized spacial score (nSPS) is 19.1. The topological polar surface area (TPSA) is 72.2 Å². The van der Waals surface area contributed by atoms with Gasteiger partial charge in [-0.3, -0.25) is 14.5 Å². The van der Waals surface area contributed by atoms with Crippen LogP contribution in [0.25, 0.3) is 11.0 Å². The second kappa shape index (κ2) is 8.17. The van der Waals surface area contributed by atoms with E-state index in [2.05, 4.69) is 4.90 Å². The predicted octanol–water partition coefficient (Wildman–Crippen LogP) is 2.68. The van der Waals surface area contributed by atoms with Crippen LogP contribution in [0.2, 0.25) is 0 Å². The highest BCUT2D eigenvalue weighted by atomic mass is 16.5. The number of methoxy groups -OCH3 is 1. The van der Waals surface area contributed by atoms with Gasteiger partial charge in [0.1, 0.15) is 11.3 Å². The SMILES string of the molecule is COc1cccc([C@@H]2c3c(oc4ccccc4c3=O)C(=O)N2CCN2CCOCC2)c1. The minimum absolute atomic E-state index is 0.137. The molecule has 3 heterocycles. The Bertz CT molecular complexity index is 1180. The molecule has 31 heavy (non-hydrogen) atoms. The van der Waals surface area contributed by atoms with Crippen LogP contribution >= 0.6 is 0 Å². The number of rotatable bonds is 5. The second-order valence-corrected chi connectivity index (χ2v) is 7.80. The van der Waals surface area contributed by atoms with Gasteiger partial charge in [0.05, 0.1) is 37.3 Å². The predicted molar refractivity (Wildman–Crippen MR) is 116 cm³/mol. The zero-order valence-corrected chi connectivity index (χ0v) is 17.4. The Kier molecular flexibility index (Phi) is 5.21. The molecule has 1 aromatic heterocycles. The number of ether oxygens (including phenoxy) is 2. The van der Waals surface area contributed by atoms with Crippen molar-refractivity contribution in [1.82, 2.24) is 9.80 Å². The van der Waals surface area contributed by atoms with Crippen molar-refractivity contribution in [3.8, 4) is 5.75 Å². The van der Waals surface area contributed by atoms with Crippen molar-refractivity contribution in [2.24, 2.45) is 0 Å². The first-order valence-electron chi connectivity index (χ1n) is 10.5. The van der Waals surface area contributed by atoms with Gasteiger partial charge in [-0.15, -0.1) is 0 Å². The molecule has 0 unspecified atom stereocenters. The van der Waals surface area contributed by atoms with Crippen LogP contribution in [0.1, 0.15) is 27.7 Å². The molecule has 1 atom stereocenters. The Morgan fingerprint density at radius 3 is 2.65 bits per heavy atom. The van der Waals surface area contributed by atoms with Gasteiger partial charge in [0.25, 0.3) is 5.91 Å². The molecule has 2 aliphatic heterocycles. The van der Waals surface area contributed by atoms with Gasteiger partial charge in [0.2, 0.25) is 5.76 Å². The van der Waals surface area contributed by atoms with Crippen LogP contribution in [0.4, 0.5) is 0 Å². The molecule has 5 rings (SSSR count). The number of amides is 1. The molecule has 0 N–H and O–H groups in total. The Hall–Kier alpha value is -3.16. The van der Waals surface area contributed by atoms with Crippen molar-refractivity contribution < 1.29 is 18.7 Å². The minimum atomic E-state index is -0.514. The number of fused-ring (bicyclic) bond motifs is 2. The van der Waals surface area contributed by atoms with Gasteiger partial charge in [-0.2, -0.15) is 0 Å². The Balaban J connectivity index is 1.60. The molecule has 7 heteroatoms.